The highest BCUT2D eigenvalue weighted by Crippen LogP contribution is 2.32. The molecule has 33 heavy (non-hydrogen) atoms. The van der Waals surface area contributed by atoms with Crippen LogP contribution in [-0.2, 0) is 32.0 Å². The van der Waals surface area contributed by atoms with Crippen LogP contribution in [0.1, 0.15) is 36.0 Å². The topological polar surface area (TPSA) is 90.4 Å². The van der Waals surface area contributed by atoms with Crippen LogP contribution >= 0.6 is 0 Å². The molecule has 3 heterocycles. The van der Waals surface area contributed by atoms with E-state index in [1.165, 1.54) is 14.2 Å². The number of anilines is 1. The fraction of sp³-hybridized carbons (Fsp3) is 0.458. The maximum Gasteiger partial charge on any atom is 0.420 e. The Morgan fingerprint density at radius 2 is 1.94 bits per heavy atom. The summed E-state index contributed by atoms with van der Waals surface area (Å²) in [4.78, 5) is 33.6. The number of para-hydroxylation sites is 1. The van der Waals surface area contributed by atoms with Gasteiger partial charge in [-0.2, -0.15) is 0 Å². The van der Waals surface area contributed by atoms with E-state index in [0.29, 0.717) is 43.5 Å². The van der Waals surface area contributed by atoms with Crippen molar-refractivity contribution >= 4 is 17.8 Å². The van der Waals surface area contributed by atoms with E-state index >= 15 is 0 Å². The monoisotopic (exact) mass is 455 g/mol. The zero-order chi connectivity index (χ0) is 23.2. The summed E-state index contributed by atoms with van der Waals surface area (Å²) in [6.45, 7) is 2.11. The standard InChI is InChI=1S/C24H29N3O6/c1-30-23(31-2)21-18(15-26-11-7-13-32-16-20(26)28)14-17-8-6-12-27(22(17)25-21)24(29)33-19-9-4-3-5-10-19/h3-5,9-10,14,23H,6-8,11-13,15-16H2,1-2H3. The van der Waals surface area contributed by atoms with Crippen LogP contribution in [0.15, 0.2) is 36.4 Å². The SMILES string of the molecule is COC(OC)c1nc2c(cc1CN1CCCOCC1=O)CCCN2C(=O)Oc1ccccc1. The summed E-state index contributed by atoms with van der Waals surface area (Å²) in [5.41, 5.74) is 2.29. The summed E-state index contributed by atoms with van der Waals surface area (Å²) >= 11 is 0. The molecule has 0 radical (unpaired) electrons. The maximum absolute atomic E-state index is 13.0. The largest absolute Gasteiger partial charge is 0.420 e. The minimum Gasteiger partial charge on any atom is -0.410 e. The number of aryl methyl sites for hydroxylation is 1. The minimum atomic E-state index is -0.738. The van der Waals surface area contributed by atoms with Crippen molar-refractivity contribution in [2.75, 3.05) is 45.4 Å². The highest BCUT2D eigenvalue weighted by Gasteiger charge is 2.30. The summed E-state index contributed by atoms with van der Waals surface area (Å²) in [5, 5.41) is 0. The number of rotatable bonds is 6. The Bertz CT molecular complexity index is 980. The number of nitrogens with zero attached hydrogens (tertiary/aromatic N) is 3. The number of aromatic nitrogens is 1. The van der Waals surface area contributed by atoms with Crippen LogP contribution in [-0.4, -0.2) is 62.4 Å². The molecule has 1 fully saturated rings. The van der Waals surface area contributed by atoms with Gasteiger partial charge in [-0.25, -0.2) is 9.78 Å². The molecule has 9 nitrogen and oxygen atoms in total. The Morgan fingerprint density at radius 1 is 1.15 bits per heavy atom. The summed E-state index contributed by atoms with van der Waals surface area (Å²) in [6, 6.07) is 11.0. The molecule has 2 amide bonds. The van der Waals surface area contributed by atoms with Gasteiger partial charge in [0.2, 0.25) is 12.2 Å². The smallest absolute Gasteiger partial charge is 0.410 e. The van der Waals surface area contributed by atoms with Gasteiger partial charge in [-0.15, -0.1) is 0 Å². The van der Waals surface area contributed by atoms with Crippen LogP contribution in [0, 0.1) is 0 Å². The zero-order valence-corrected chi connectivity index (χ0v) is 19.0. The first kappa shape index (κ1) is 23.2. The van der Waals surface area contributed by atoms with Crippen LogP contribution in [0.25, 0.3) is 0 Å². The molecule has 0 bridgehead atoms. The predicted octanol–water partition coefficient (Wildman–Crippen LogP) is 3.07. The highest BCUT2D eigenvalue weighted by molar-refractivity contribution is 5.89. The molecule has 4 rings (SSSR count). The molecule has 1 aromatic heterocycles. The van der Waals surface area contributed by atoms with E-state index in [2.05, 4.69) is 0 Å². The first-order chi connectivity index (χ1) is 16.1. The number of ether oxygens (including phenoxy) is 4. The number of carbonyl (C=O) groups excluding carboxylic acids is 2. The van der Waals surface area contributed by atoms with E-state index in [1.54, 1.807) is 21.9 Å². The van der Waals surface area contributed by atoms with Crippen molar-refractivity contribution in [1.82, 2.24) is 9.88 Å². The summed E-state index contributed by atoms with van der Waals surface area (Å²) in [6.07, 6.45) is 1.10. The molecule has 2 aromatic rings. The molecule has 9 heteroatoms. The quantitative estimate of drug-likeness (QED) is 0.619. The number of fused-ring (bicyclic) bond motifs is 1. The van der Waals surface area contributed by atoms with Crippen molar-refractivity contribution in [3.05, 3.63) is 53.2 Å². The Labute approximate surface area is 193 Å². The van der Waals surface area contributed by atoms with Gasteiger partial charge in [-0.05, 0) is 48.6 Å². The second-order valence-electron chi connectivity index (χ2n) is 7.98. The number of carbonyl (C=O) groups is 2. The van der Waals surface area contributed by atoms with E-state index in [4.69, 9.17) is 23.9 Å². The highest BCUT2D eigenvalue weighted by atomic mass is 16.7. The van der Waals surface area contributed by atoms with Crippen LogP contribution < -0.4 is 9.64 Å². The number of amides is 2. The predicted molar refractivity (Wildman–Crippen MR) is 120 cm³/mol. The van der Waals surface area contributed by atoms with Crippen molar-refractivity contribution < 1.29 is 28.5 Å². The van der Waals surface area contributed by atoms with Crippen LogP contribution in [0.3, 0.4) is 0 Å². The molecule has 0 saturated carbocycles. The molecule has 176 valence electrons. The lowest BCUT2D eigenvalue weighted by Crippen LogP contribution is -2.39. The molecule has 0 aliphatic carbocycles. The van der Waals surface area contributed by atoms with E-state index < -0.39 is 12.4 Å². The van der Waals surface area contributed by atoms with Gasteiger partial charge in [-0.3, -0.25) is 9.69 Å². The van der Waals surface area contributed by atoms with Crippen molar-refractivity contribution in [3.63, 3.8) is 0 Å². The van der Waals surface area contributed by atoms with Crippen LogP contribution in [0.4, 0.5) is 10.6 Å². The lowest BCUT2D eigenvalue weighted by molar-refractivity contribution is -0.134. The van der Waals surface area contributed by atoms with Gasteiger partial charge in [0.15, 0.2) is 0 Å². The van der Waals surface area contributed by atoms with E-state index in [-0.39, 0.29) is 12.5 Å². The molecular formula is C24H29N3O6. The number of hydrogen-bond acceptors (Lipinski definition) is 7. The molecule has 2 aliphatic heterocycles. The first-order valence-corrected chi connectivity index (χ1v) is 11.1. The molecule has 2 aliphatic rings. The Balaban J connectivity index is 1.67. The minimum absolute atomic E-state index is 0.0596. The molecule has 0 atom stereocenters. The molecule has 0 N–H and O–H groups in total. The fourth-order valence-electron chi connectivity index (χ4n) is 4.14. The van der Waals surface area contributed by atoms with Crippen molar-refractivity contribution in [2.24, 2.45) is 0 Å². The van der Waals surface area contributed by atoms with Crippen molar-refractivity contribution in [1.29, 1.82) is 0 Å². The van der Waals surface area contributed by atoms with Crippen LogP contribution in [0.2, 0.25) is 0 Å². The lowest BCUT2D eigenvalue weighted by atomic mass is 10.0. The van der Waals surface area contributed by atoms with Crippen molar-refractivity contribution in [2.45, 2.75) is 32.1 Å². The fourth-order valence-corrected chi connectivity index (χ4v) is 4.14. The van der Waals surface area contributed by atoms with Crippen molar-refractivity contribution in [3.8, 4) is 5.75 Å². The number of benzene rings is 1. The van der Waals surface area contributed by atoms with Gasteiger partial charge in [-0.1, -0.05) is 18.2 Å². The average molecular weight is 456 g/mol. The third-order valence-corrected chi connectivity index (χ3v) is 5.75. The summed E-state index contributed by atoms with van der Waals surface area (Å²) < 4.78 is 21.9. The average Bonchev–Trinajstić information content (AvgIpc) is 3.04. The van der Waals surface area contributed by atoms with Crippen LogP contribution in [0.5, 0.6) is 5.75 Å². The van der Waals surface area contributed by atoms with Gasteiger partial charge < -0.3 is 23.8 Å². The molecule has 1 saturated heterocycles. The number of pyridine rings is 1. The second-order valence-corrected chi connectivity index (χ2v) is 7.98. The van der Waals surface area contributed by atoms with Gasteiger partial charge in [0.25, 0.3) is 0 Å². The summed E-state index contributed by atoms with van der Waals surface area (Å²) in [7, 11) is 3.07. The third-order valence-electron chi connectivity index (χ3n) is 5.75. The van der Waals surface area contributed by atoms with E-state index in [9.17, 15) is 9.59 Å². The lowest BCUT2D eigenvalue weighted by Gasteiger charge is -2.30. The first-order valence-electron chi connectivity index (χ1n) is 11.1. The van der Waals surface area contributed by atoms with Gasteiger partial charge in [0, 0.05) is 40.5 Å². The van der Waals surface area contributed by atoms with Gasteiger partial charge >= 0.3 is 6.09 Å². The number of methoxy groups -OCH3 is 2. The molecule has 1 aromatic carbocycles. The zero-order valence-electron chi connectivity index (χ0n) is 19.0. The van der Waals surface area contributed by atoms with E-state index in [0.717, 1.165) is 30.4 Å². The number of hydrogen-bond donors (Lipinski definition) is 0. The molecule has 0 unspecified atom stereocenters. The Morgan fingerprint density at radius 3 is 2.70 bits per heavy atom. The second kappa shape index (κ2) is 10.7. The van der Waals surface area contributed by atoms with Gasteiger partial charge in [0.1, 0.15) is 23.9 Å². The summed E-state index contributed by atoms with van der Waals surface area (Å²) in [5.74, 6) is 0.946. The maximum atomic E-state index is 13.0. The third kappa shape index (κ3) is 5.32. The Kier molecular flexibility index (Phi) is 7.54. The molecular weight excluding hydrogens is 426 g/mol. The molecule has 0 spiro atoms. The Hall–Kier alpha value is -3.01. The van der Waals surface area contributed by atoms with E-state index in [1.807, 2.05) is 24.3 Å². The van der Waals surface area contributed by atoms with Gasteiger partial charge in [0.05, 0.1) is 0 Å². The normalized spacial score (nSPS) is 16.5.